The van der Waals surface area contributed by atoms with Gasteiger partial charge >= 0.3 is 0 Å². The van der Waals surface area contributed by atoms with Crippen LogP contribution >= 0.6 is 0 Å². The lowest BCUT2D eigenvalue weighted by Gasteiger charge is -2.05. The summed E-state index contributed by atoms with van der Waals surface area (Å²) in [6, 6.07) is 11.9. The van der Waals surface area contributed by atoms with Gasteiger partial charge < -0.3 is 5.32 Å². The van der Waals surface area contributed by atoms with E-state index in [-0.39, 0.29) is 5.91 Å². The van der Waals surface area contributed by atoms with Gasteiger partial charge in [0, 0.05) is 18.1 Å². The summed E-state index contributed by atoms with van der Waals surface area (Å²) in [6.07, 6.45) is 2.76. The fourth-order valence-corrected chi connectivity index (χ4v) is 1.50. The predicted molar refractivity (Wildman–Crippen MR) is 68.1 cm³/mol. The van der Waals surface area contributed by atoms with E-state index in [4.69, 9.17) is 10.5 Å². The van der Waals surface area contributed by atoms with Crippen molar-refractivity contribution in [2.75, 3.05) is 5.32 Å². The highest BCUT2D eigenvalue weighted by molar-refractivity contribution is 6.04. The van der Waals surface area contributed by atoms with E-state index in [0.29, 0.717) is 22.4 Å². The van der Waals surface area contributed by atoms with Crippen molar-refractivity contribution in [3.8, 4) is 12.1 Å². The van der Waals surface area contributed by atoms with Gasteiger partial charge in [-0.3, -0.25) is 9.78 Å². The molecule has 0 unspecified atom stereocenters. The topological polar surface area (TPSA) is 89.6 Å². The lowest BCUT2D eigenvalue weighted by Crippen LogP contribution is -2.12. The number of rotatable bonds is 2. The Bertz CT molecular complexity index is 710. The molecule has 0 aliphatic carbocycles. The summed E-state index contributed by atoms with van der Waals surface area (Å²) in [7, 11) is 0. The molecule has 1 aromatic heterocycles. The second-order valence-electron chi connectivity index (χ2n) is 3.72. The number of aromatic nitrogens is 1. The summed E-state index contributed by atoms with van der Waals surface area (Å²) in [5.41, 5.74) is 1.59. The normalized spacial score (nSPS) is 9.16. The molecule has 1 amide bonds. The Hall–Kier alpha value is -3.18. The van der Waals surface area contributed by atoms with E-state index in [1.54, 1.807) is 24.3 Å². The van der Waals surface area contributed by atoms with Crippen LogP contribution in [0.2, 0.25) is 0 Å². The van der Waals surface area contributed by atoms with Crippen molar-refractivity contribution < 1.29 is 4.79 Å². The molecule has 0 atom stereocenters. The van der Waals surface area contributed by atoms with Gasteiger partial charge in [-0.2, -0.15) is 10.5 Å². The number of carbonyl (C=O) groups is 1. The van der Waals surface area contributed by atoms with E-state index in [2.05, 4.69) is 10.3 Å². The molecule has 0 aliphatic rings. The molecule has 19 heavy (non-hydrogen) atoms. The molecule has 0 radical (unpaired) electrons. The summed E-state index contributed by atoms with van der Waals surface area (Å²) in [5, 5.41) is 20.2. The first-order valence-corrected chi connectivity index (χ1v) is 5.39. The van der Waals surface area contributed by atoms with Gasteiger partial charge in [-0.15, -0.1) is 0 Å². The molecular formula is C14H8N4O. The molecule has 2 aromatic rings. The molecular weight excluding hydrogens is 240 g/mol. The van der Waals surface area contributed by atoms with E-state index >= 15 is 0 Å². The van der Waals surface area contributed by atoms with Crippen molar-refractivity contribution in [2.45, 2.75) is 0 Å². The molecule has 0 bridgehead atoms. The quantitative estimate of drug-likeness (QED) is 0.880. The van der Waals surface area contributed by atoms with Gasteiger partial charge in [-0.25, -0.2) is 0 Å². The third kappa shape index (κ3) is 2.93. The van der Waals surface area contributed by atoms with Gasteiger partial charge in [0.25, 0.3) is 5.91 Å². The highest BCUT2D eigenvalue weighted by Crippen LogP contribution is 2.11. The molecule has 0 spiro atoms. The van der Waals surface area contributed by atoms with Gasteiger partial charge in [0.1, 0.15) is 6.07 Å². The fraction of sp³-hybridized carbons (Fsp3) is 0. The second-order valence-corrected chi connectivity index (χ2v) is 3.72. The maximum absolute atomic E-state index is 11.9. The third-order valence-electron chi connectivity index (χ3n) is 2.38. The lowest BCUT2D eigenvalue weighted by atomic mass is 10.2. The SMILES string of the molecule is N#Cc1cccc(NC(=O)c2cncc(C#N)c2)c1. The van der Waals surface area contributed by atoms with Gasteiger partial charge in [-0.1, -0.05) is 6.07 Å². The van der Waals surface area contributed by atoms with Crippen molar-refractivity contribution in [3.63, 3.8) is 0 Å². The highest BCUT2D eigenvalue weighted by atomic mass is 16.1. The Morgan fingerprint density at radius 1 is 1.11 bits per heavy atom. The van der Waals surface area contributed by atoms with Crippen LogP contribution in [-0.2, 0) is 0 Å². The van der Waals surface area contributed by atoms with E-state index in [9.17, 15) is 4.79 Å². The standard InChI is InChI=1S/C14H8N4O/c15-6-10-2-1-3-13(5-10)18-14(19)12-4-11(7-16)8-17-9-12/h1-5,8-9H,(H,18,19). The summed E-state index contributed by atoms with van der Waals surface area (Å²) in [4.78, 5) is 15.8. The predicted octanol–water partition coefficient (Wildman–Crippen LogP) is 2.08. The van der Waals surface area contributed by atoms with Gasteiger partial charge in [0.05, 0.1) is 22.8 Å². The third-order valence-corrected chi connectivity index (χ3v) is 2.38. The molecule has 2 rings (SSSR count). The van der Waals surface area contributed by atoms with Crippen molar-refractivity contribution in [1.29, 1.82) is 10.5 Å². The Labute approximate surface area is 109 Å². The Kier molecular flexibility index (Phi) is 3.51. The number of benzene rings is 1. The molecule has 5 heteroatoms. The first-order chi connectivity index (χ1) is 9.22. The highest BCUT2D eigenvalue weighted by Gasteiger charge is 2.07. The number of hydrogen-bond acceptors (Lipinski definition) is 4. The molecule has 0 saturated heterocycles. The van der Waals surface area contributed by atoms with Crippen LogP contribution in [0.25, 0.3) is 0 Å². The summed E-state index contributed by atoms with van der Waals surface area (Å²) >= 11 is 0. The molecule has 1 heterocycles. The minimum atomic E-state index is -0.375. The van der Waals surface area contributed by atoms with Gasteiger partial charge in [-0.05, 0) is 24.3 Å². The van der Waals surface area contributed by atoms with Crippen LogP contribution in [0.5, 0.6) is 0 Å². The Morgan fingerprint density at radius 3 is 2.63 bits per heavy atom. The number of pyridine rings is 1. The molecule has 0 aliphatic heterocycles. The minimum Gasteiger partial charge on any atom is -0.322 e. The first kappa shape index (κ1) is 12.3. The number of nitriles is 2. The van der Waals surface area contributed by atoms with Crippen LogP contribution in [0, 0.1) is 22.7 Å². The van der Waals surface area contributed by atoms with Crippen LogP contribution in [0.3, 0.4) is 0 Å². The van der Waals surface area contributed by atoms with Crippen LogP contribution < -0.4 is 5.32 Å². The number of nitrogens with zero attached hydrogens (tertiary/aromatic N) is 3. The van der Waals surface area contributed by atoms with Gasteiger partial charge in [0.2, 0.25) is 0 Å². The monoisotopic (exact) mass is 248 g/mol. The average Bonchev–Trinajstić information content (AvgIpc) is 2.47. The summed E-state index contributed by atoms with van der Waals surface area (Å²) < 4.78 is 0. The van der Waals surface area contributed by atoms with E-state index in [1.165, 1.54) is 18.5 Å². The van der Waals surface area contributed by atoms with Crippen molar-refractivity contribution in [1.82, 2.24) is 4.98 Å². The number of nitrogens with one attached hydrogen (secondary N) is 1. The number of hydrogen-bond donors (Lipinski definition) is 1. The maximum atomic E-state index is 11.9. The zero-order valence-electron chi connectivity index (χ0n) is 9.79. The fourth-order valence-electron chi connectivity index (χ4n) is 1.50. The van der Waals surface area contributed by atoms with Crippen LogP contribution in [0.4, 0.5) is 5.69 Å². The average molecular weight is 248 g/mol. The summed E-state index contributed by atoms with van der Waals surface area (Å²) in [6.45, 7) is 0. The first-order valence-electron chi connectivity index (χ1n) is 5.39. The molecule has 1 aromatic carbocycles. The van der Waals surface area contributed by atoms with E-state index < -0.39 is 0 Å². The largest absolute Gasteiger partial charge is 0.322 e. The van der Waals surface area contributed by atoms with Crippen molar-refractivity contribution >= 4 is 11.6 Å². The zero-order valence-corrected chi connectivity index (χ0v) is 9.79. The maximum Gasteiger partial charge on any atom is 0.257 e. The Morgan fingerprint density at radius 2 is 1.89 bits per heavy atom. The van der Waals surface area contributed by atoms with Crippen LogP contribution in [-0.4, -0.2) is 10.9 Å². The molecule has 5 nitrogen and oxygen atoms in total. The van der Waals surface area contributed by atoms with Crippen LogP contribution in [0.15, 0.2) is 42.7 Å². The lowest BCUT2D eigenvalue weighted by molar-refractivity contribution is 0.102. The van der Waals surface area contributed by atoms with E-state index in [0.717, 1.165) is 0 Å². The molecule has 0 fully saturated rings. The zero-order chi connectivity index (χ0) is 13.7. The molecule has 90 valence electrons. The van der Waals surface area contributed by atoms with Crippen molar-refractivity contribution in [3.05, 3.63) is 59.4 Å². The number of amides is 1. The van der Waals surface area contributed by atoms with E-state index in [1.807, 2.05) is 12.1 Å². The second kappa shape index (κ2) is 5.44. The molecule has 1 N–H and O–H groups in total. The molecule has 0 saturated carbocycles. The number of anilines is 1. The Balaban J connectivity index is 2.21. The van der Waals surface area contributed by atoms with Crippen molar-refractivity contribution in [2.24, 2.45) is 0 Å². The number of carbonyl (C=O) groups excluding carboxylic acids is 1. The smallest absolute Gasteiger partial charge is 0.257 e. The van der Waals surface area contributed by atoms with Gasteiger partial charge in [0.15, 0.2) is 0 Å². The minimum absolute atomic E-state index is 0.293. The summed E-state index contributed by atoms with van der Waals surface area (Å²) in [5.74, 6) is -0.375. The van der Waals surface area contributed by atoms with Crippen LogP contribution in [0.1, 0.15) is 21.5 Å².